The van der Waals surface area contributed by atoms with Crippen molar-refractivity contribution in [2.24, 2.45) is 0 Å². The monoisotopic (exact) mass is 194 g/mol. The van der Waals surface area contributed by atoms with Gasteiger partial charge in [0.1, 0.15) is 5.69 Å². The van der Waals surface area contributed by atoms with Crippen LogP contribution in [0.4, 0.5) is 0 Å². The molecule has 1 aromatic rings. The molecule has 76 valence electrons. The average Bonchev–Trinajstić information content (AvgIpc) is 2.40. The third kappa shape index (κ3) is 1.35. The molecule has 4 heteroatoms. The van der Waals surface area contributed by atoms with Gasteiger partial charge in [-0.3, -0.25) is 9.48 Å². The third-order valence-corrected chi connectivity index (χ3v) is 2.60. The van der Waals surface area contributed by atoms with E-state index < -0.39 is 0 Å². The summed E-state index contributed by atoms with van der Waals surface area (Å²) in [6.45, 7) is 7.20. The van der Waals surface area contributed by atoms with E-state index in [4.69, 9.17) is 4.74 Å². The Kier molecular flexibility index (Phi) is 1.96. The molecule has 0 N–H and O–H groups in total. The number of hydrogen-bond donors (Lipinski definition) is 0. The molecular weight excluding hydrogens is 180 g/mol. The molecule has 0 bridgehead atoms. The van der Waals surface area contributed by atoms with Crippen LogP contribution in [0.3, 0.4) is 0 Å². The molecule has 1 aliphatic heterocycles. The fourth-order valence-corrected chi connectivity index (χ4v) is 1.70. The summed E-state index contributed by atoms with van der Waals surface area (Å²) < 4.78 is 7.53. The van der Waals surface area contributed by atoms with Crippen molar-refractivity contribution >= 4 is 6.29 Å². The van der Waals surface area contributed by atoms with E-state index in [1.165, 1.54) is 0 Å². The van der Waals surface area contributed by atoms with Gasteiger partial charge in [0, 0.05) is 5.56 Å². The lowest BCUT2D eigenvalue weighted by atomic mass is 10.1. The number of rotatable bonds is 1. The molecule has 0 aromatic carbocycles. The summed E-state index contributed by atoms with van der Waals surface area (Å²) in [5.41, 5.74) is 2.30. The maximum atomic E-state index is 10.7. The van der Waals surface area contributed by atoms with Crippen LogP contribution >= 0.6 is 0 Å². The van der Waals surface area contributed by atoms with Crippen LogP contribution < -0.4 is 0 Å². The van der Waals surface area contributed by atoms with Crippen molar-refractivity contribution in [3.05, 3.63) is 17.0 Å². The Morgan fingerprint density at radius 3 is 2.93 bits per heavy atom. The molecule has 4 nitrogen and oxygen atoms in total. The molecule has 0 unspecified atom stereocenters. The topological polar surface area (TPSA) is 44.1 Å². The number of ether oxygens (including phenoxy) is 1. The fourth-order valence-electron chi connectivity index (χ4n) is 1.70. The SMILES string of the molecule is Cc1c(C=O)nn2c1COC(C)(C)C2. The zero-order valence-corrected chi connectivity index (χ0v) is 8.70. The van der Waals surface area contributed by atoms with Gasteiger partial charge in [-0.1, -0.05) is 0 Å². The highest BCUT2D eigenvalue weighted by Gasteiger charge is 2.28. The Balaban J connectivity index is 2.45. The Hall–Kier alpha value is -1.16. The maximum absolute atomic E-state index is 10.7. The molecule has 0 amide bonds. The minimum atomic E-state index is -0.189. The number of aromatic nitrogens is 2. The van der Waals surface area contributed by atoms with E-state index in [9.17, 15) is 4.79 Å². The summed E-state index contributed by atoms with van der Waals surface area (Å²) in [5, 5.41) is 4.23. The van der Waals surface area contributed by atoms with Gasteiger partial charge in [-0.15, -0.1) is 0 Å². The highest BCUT2D eigenvalue weighted by molar-refractivity contribution is 5.74. The minimum Gasteiger partial charge on any atom is -0.367 e. The Labute approximate surface area is 82.9 Å². The first kappa shape index (κ1) is 9.40. The molecule has 0 radical (unpaired) electrons. The number of aldehydes is 1. The van der Waals surface area contributed by atoms with Crippen LogP contribution in [0.2, 0.25) is 0 Å². The molecule has 14 heavy (non-hydrogen) atoms. The standard InChI is InChI=1S/C10H14N2O2/c1-7-8(4-13)11-12-6-10(2,3)14-5-9(7)12/h4H,5-6H2,1-3H3. The van der Waals surface area contributed by atoms with Crippen LogP contribution in [-0.2, 0) is 17.9 Å². The van der Waals surface area contributed by atoms with Gasteiger partial charge in [-0.25, -0.2) is 0 Å². The molecule has 1 aliphatic rings. The van der Waals surface area contributed by atoms with Gasteiger partial charge in [0.05, 0.1) is 24.4 Å². The Morgan fingerprint density at radius 1 is 1.57 bits per heavy atom. The van der Waals surface area contributed by atoms with Crippen LogP contribution in [0.5, 0.6) is 0 Å². The zero-order valence-electron chi connectivity index (χ0n) is 8.70. The van der Waals surface area contributed by atoms with E-state index in [0.717, 1.165) is 17.5 Å². The average molecular weight is 194 g/mol. The minimum absolute atomic E-state index is 0.189. The molecule has 0 aliphatic carbocycles. The second kappa shape index (κ2) is 2.92. The Morgan fingerprint density at radius 2 is 2.29 bits per heavy atom. The summed E-state index contributed by atoms with van der Waals surface area (Å²) in [7, 11) is 0. The summed E-state index contributed by atoms with van der Waals surface area (Å²) >= 11 is 0. The lowest BCUT2D eigenvalue weighted by Gasteiger charge is -2.30. The van der Waals surface area contributed by atoms with Crippen LogP contribution in [0, 0.1) is 6.92 Å². The van der Waals surface area contributed by atoms with E-state index >= 15 is 0 Å². The van der Waals surface area contributed by atoms with Gasteiger partial charge in [-0.2, -0.15) is 5.10 Å². The van der Waals surface area contributed by atoms with Crippen molar-refractivity contribution in [1.29, 1.82) is 0 Å². The van der Waals surface area contributed by atoms with E-state index in [1.807, 2.05) is 25.5 Å². The molecular formula is C10H14N2O2. The van der Waals surface area contributed by atoms with Crippen molar-refractivity contribution in [2.45, 2.75) is 39.5 Å². The lowest BCUT2D eigenvalue weighted by Crippen LogP contribution is -2.36. The lowest BCUT2D eigenvalue weighted by molar-refractivity contribution is -0.0663. The van der Waals surface area contributed by atoms with E-state index in [1.54, 1.807) is 0 Å². The van der Waals surface area contributed by atoms with Crippen LogP contribution in [0.15, 0.2) is 0 Å². The van der Waals surface area contributed by atoms with Gasteiger partial charge in [0.25, 0.3) is 0 Å². The number of carbonyl (C=O) groups is 1. The van der Waals surface area contributed by atoms with Crippen LogP contribution in [-0.4, -0.2) is 21.7 Å². The molecule has 0 saturated heterocycles. The maximum Gasteiger partial charge on any atom is 0.170 e. The number of carbonyl (C=O) groups excluding carboxylic acids is 1. The smallest absolute Gasteiger partial charge is 0.170 e. The quantitative estimate of drug-likeness (QED) is 0.633. The number of hydrogen-bond acceptors (Lipinski definition) is 3. The third-order valence-electron chi connectivity index (χ3n) is 2.60. The van der Waals surface area contributed by atoms with Crippen LogP contribution in [0.25, 0.3) is 0 Å². The van der Waals surface area contributed by atoms with Crippen molar-refractivity contribution in [2.75, 3.05) is 0 Å². The molecule has 0 atom stereocenters. The molecule has 1 aromatic heterocycles. The fraction of sp³-hybridized carbons (Fsp3) is 0.600. The first-order valence-corrected chi connectivity index (χ1v) is 4.69. The van der Waals surface area contributed by atoms with Gasteiger partial charge >= 0.3 is 0 Å². The summed E-state index contributed by atoms with van der Waals surface area (Å²) in [6.07, 6.45) is 0.799. The van der Waals surface area contributed by atoms with E-state index in [-0.39, 0.29) is 5.60 Å². The number of fused-ring (bicyclic) bond motifs is 1. The highest BCUT2D eigenvalue weighted by Crippen LogP contribution is 2.25. The van der Waals surface area contributed by atoms with Gasteiger partial charge < -0.3 is 4.74 Å². The second-order valence-electron chi connectivity index (χ2n) is 4.28. The number of nitrogens with zero attached hydrogens (tertiary/aromatic N) is 2. The van der Waals surface area contributed by atoms with Crippen molar-refractivity contribution < 1.29 is 9.53 Å². The normalized spacial score (nSPS) is 19.1. The van der Waals surface area contributed by atoms with E-state index in [2.05, 4.69) is 5.10 Å². The highest BCUT2D eigenvalue weighted by atomic mass is 16.5. The molecule has 0 saturated carbocycles. The van der Waals surface area contributed by atoms with Gasteiger partial charge in [-0.05, 0) is 20.8 Å². The van der Waals surface area contributed by atoms with Crippen molar-refractivity contribution in [3.63, 3.8) is 0 Å². The first-order valence-electron chi connectivity index (χ1n) is 4.69. The summed E-state index contributed by atoms with van der Waals surface area (Å²) in [4.78, 5) is 10.7. The predicted molar refractivity (Wildman–Crippen MR) is 51.2 cm³/mol. The second-order valence-corrected chi connectivity index (χ2v) is 4.28. The molecule has 0 spiro atoms. The van der Waals surface area contributed by atoms with Gasteiger partial charge in [0.15, 0.2) is 6.29 Å². The first-order chi connectivity index (χ1) is 6.53. The van der Waals surface area contributed by atoms with Crippen molar-refractivity contribution in [3.8, 4) is 0 Å². The van der Waals surface area contributed by atoms with Crippen LogP contribution in [0.1, 0.15) is 35.6 Å². The van der Waals surface area contributed by atoms with E-state index in [0.29, 0.717) is 18.8 Å². The summed E-state index contributed by atoms with van der Waals surface area (Å²) in [5.74, 6) is 0. The molecule has 0 fully saturated rings. The zero-order chi connectivity index (χ0) is 10.3. The molecule has 2 heterocycles. The van der Waals surface area contributed by atoms with Gasteiger partial charge in [0.2, 0.25) is 0 Å². The predicted octanol–water partition coefficient (Wildman–Crippen LogP) is 1.31. The molecule has 2 rings (SSSR count). The Bertz CT molecular complexity index is 380. The largest absolute Gasteiger partial charge is 0.367 e. The van der Waals surface area contributed by atoms with Crippen molar-refractivity contribution in [1.82, 2.24) is 9.78 Å². The summed E-state index contributed by atoms with van der Waals surface area (Å²) in [6, 6.07) is 0.